The standard InChI is InChI=1S/C7H14.C4H10O2/c1-7-5-3-2-4-6-7;1-4(2,6)3-5/h7H,2-6H2,1H3;5-6H,3H2,1-2H3. The summed E-state index contributed by atoms with van der Waals surface area (Å²) in [6.07, 6.45) is 7.44. The lowest BCUT2D eigenvalue weighted by Crippen LogP contribution is -2.23. The highest BCUT2D eigenvalue weighted by Crippen LogP contribution is 2.22. The van der Waals surface area contributed by atoms with Gasteiger partial charge in [0.05, 0.1) is 12.2 Å². The van der Waals surface area contributed by atoms with Crippen LogP contribution in [-0.4, -0.2) is 22.4 Å². The topological polar surface area (TPSA) is 40.5 Å². The third-order valence-electron chi connectivity index (χ3n) is 2.28. The predicted molar refractivity (Wildman–Crippen MR) is 55.6 cm³/mol. The molecule has 0 heterocycles. The fourth-order valence-corrected chi connectivity index (χ4v) is 1.31. The molecule has 1 saturated carbocycles. The van der Waals surface area contributed by atoms with Crippen LogP contribution in [0.4, 0.5) is 0 Å². The van der Waals surface area contributed by atoms with Gasteiger partial charge in [-0.1, -0.05) is 39.0 Å². The van der Waals surface area contributed by atoms with Crippen LogP contribution in [0, 0.1) is 5.92 Å². The summed E-state index contributed by atoms with van der Waals surface area (Å²) in [6.45, 7) is 5.28. The van der Waals surface area contributed by atoms with E-state index < -0.39 is 5.60 Å². The maximum atomic E-state index is 8.58. The average Bonchev–Trinajstić information content (AvgIpc) is 2.06. The van der Waals surface area contributed by atoms with Gasteiger partial charge in [-0.05, 0) is 19.8 Å². The summed E-state index contributed by atoms with van der Waals surface area (Å²) in [5.41, 5.74) is -0.903. The van der Waals surface area contributed by atoms with Crippen LogP contribution in [0.5, 0.6) is 0 Å². The Balaban J connectivity index is 0.000000226. The number of aliphatic hydroxyl groups is 2. The molecular formula is C11H24O2. The Morgan fingerprint density at radius 2 is 1.54 bits per heavy atom. The monoisotopic (exact) mass is 188 g/mol. The normalized spacial score (nSPS) is 19.2. The Kier molecular flexibility index (Phi) is 6.35. The van der Waals surface area contributed by atoms with Crippen LogP contribution < -0.4 is 0 Å². The van der Waals surface area contributed by atoms with E-state index in [1.165, 1.54) is 32.1 Å². The number of rotatable bonds is 1. The van der Waals surface area contributed by atoms with Crippen LogP contribution in [0.3, 0.4) is 0 Å². The van der Waals surface area contributed by atoms with E-state index in [1.807, 2.05) is 0 Å². The van der Waals surface area contributed by atoms with Gasteiger partial charge < -0.3 is 10.2 Å². The second-order valence-electron chi connectivity index (χ2n) is 4.71. The van der Waals surface area contributed by atoms with E-state index in [9.17, 15) is 0 Å². The van der Waals surface area contributed by atoms with Gasteiger partial charge in [0, 0.05) is 0 Å². The van der Waals surface area contributed by atoms with Crippen molar-refractivity contribution in [3.63, 3.8) is 0 Å². The van der Waals surface area contributed by atoms with E-state index in [0.717, 1.165) is 5.92 Å². The van der Waals surface area contributed by atoms with Crippen molar-refractivity contribution in [1.82, 2.24) is 0 Å². The van der Waals surface area contributed by atoms with Crippen molar-refractivity contribution in [2.75, 3.05) is 6.61 Å². The molecule has 0 aromatic heterocycles. The molecule has 80 valence electrons. The molecular weight excluding hydrogens is 164 g/mol. The Morgan fingerprint density at radius 3 is 1.69 bits per heavy atom. The van der Waals surface area contributed by atoms with Crippen LogP contribution in [0.15, 0.2) is 0 Å². The van der Waals surface area contributed by atoms with Crippen LogP contribution in [0.1, 0.15) is 52.9 Å². The summed E-state index contributed by atoms with van der Waals surface area (Å²) < 4.78 is 0. The molecule has 0 aromatic rings. The van der Waals surface area contributed by atoms with Gasteiger partial charge in [-0.15, -0.1) is 0 Å². The fourth-order valence-electron chi connectivity index (χ4n) is 1.31. The molecule has 0 spiro atoms. The van der Waals surface area contributed by atoms with E-state index in [1.54, 1.807) is 13.8 Å². The molecule has 1 aliphatic carbocycles. The van der Waals surface area contributed by atoms with E-state index in [4.69, 9.17) is 10.2 Å². The van der Waals surface area contributed by atoms with Gasteiger partial charge in [-0.3, -0.25) is 0 Å². The van der Waals surface area contributed by atoms with Crippen LogP contribution in [-0.2, 0) is 0 Å². The first-order chi connectivity index (χ1) is 5.95. The molecule has 13 heavy (non-hydrogen) atoms. The summed E-state index contributed by atoms with van der Waals surface area (Å²) >= 11 is 0. The lowest BCUT2D eigenvalue weighted by atomic mass is 9.91. The molecule has 1 rings (SSSR count). The summed E-state index contributed by atoms with van der Waals surface area (Å²) in [4.78, 5) is 0. The van der Waals surface area contributed by atoms with Gasteiger partial charge in [0.2, 0.25) is 0 Å². The smallest absolute Gasteiger partial charge is 0.0821 e. The Morgan fingerprint density at radius 1 is 1.15 bits per heavy atom. The molecule has 0 aromatic carbocycles. The second kappa shape index (κ2) is 6.39. The van der Waals surface area contributed by atoms with E-state index >= 15 is 0 Å². The minimum atomic E-state index is -0.903. The summed E-state index contributed by atoms with van der Waals surface area (Å²) in [7, 11) is 0. The average molecular weight is 188 g/mol. The first kappa shape index (κ1) is 12.9. The first-order valence-corrected chi connectivity index (χ1v) is 5.29. The van der Waals surface area contributed by atoms with Crippen molar-refractivity contribution in [2.45, 2.75) is 58.5 Å². The summed E-state index contributed by atoms with van der Waals surface area (Å²) in [6, 6.07) is 0. The van der Waals surface area contributed by atoms with Crippen molar-refractivity contribution in [3.8, 4) is 0 Å². The lowest BCUT2D eigenvalue weighted by molar-refractivity contribution is 0.0183. The van der Waals surface area contributed by atoms with Crippen molar-refractivity contribution in [1.29, 1.82) is 0 Å². The molecule has 2 nitrogen and oxygen atoms in total. The second-order valence-corrected chi connectivity index (χ2v) is 4.71. The fraction of sp³-hybridized carbons (Fsp3) is 1.00. The third-order valence-corrected chi connectivity index (χ3v) is 2.28. The summed E-state index contributed by atoms with van der Waals surface area (Å²) in [5.74, 6) is 1.04. The highest BCUT2D eigenvalue weighted by atomic mass is 16.3. The molecule has 0 bridgehead atoms. The van der Waals surface area contributed by atoms with Crippen molar-refractivity contribution in [3.05, 3.63) is 0 Å². The number of hydrogen-bond acceptors (Lipinski definition) is 2. The summed E-state index contributed by atoms with van der Waals surface area (Å²) in [5, 5.41) is 16.7. The van der Waals surface area contributed by atoms with Crippen molar-refractivity contribution in [2.24, 2.45) is 5.92 Å². The van der Waals surface area contributed by atoms with Crippen LogP contribution in [0.2, 0.25) is 0 Å². The minimum absolute atomic E-state index is 0.174. The number of aliphatic hydroxyl groups excluding tert-OH is 1. The molecule has 0 amide bonds. The predicted octanol–water partition coefficient (Wildman–Crippen LogP) is 2.34. The van der Waals surface area contributed by atoms with Crippen molar-refractivity contribution < 1.29 is 10.2 Å². The Hall–Kier alpha value is -0.0800. The zero-order valence-corrected chi connectivity index (χ0v) is 9.21. The van der Waals surface area contributed by atoms with Gasteiger partial charge in [-0.2, -0.15) is 0 Å². The molecule has 0 saturated heterocycles. The highest BCUT2D eigenvalue weighted by Gasteiger charge is 2.07. The van der Waals surface area contributed by atoms with Gasteiger partial charge in [-0.25, -0.2) is 0 Å². The molecule has 0 aliphatic heterocycles. The number of hydrogen-bond donors (Lipinski definition) is 2. The molecule has 0 atom stereocenters. The van der Waals surface area contributed by atoms with E-state index in [2.05, 4.69) is 6.92 Å². The van der Waals surface area contributed by atoms with Crippen LogP contribution in [0.25, 0.3) is 0 Å². The quantitative estimate of drug-likeness (QED) is 0.663. The van der Waals surface area contributed by atoms with Crippen molar-refractivity contribution >= 4 is 0 Å². The van der Waals surface area contributed by atoms with E-state index in [0.29, 0.717) is 0 Å². The molecule has 0 radical (unpaired) electrons. The SMILES string of the molecule is CC(C)(O)CO.CC1CCCCC1. The zero-order valence-electron chi connectivity index (χ0n) is 9.21. The Bertz CT molecular complexity index is 110. The van der Waals surface area contributed by atoms with Gasteiger partial charge in [0.15, 0.2) is 0 Å². The lowest BCUT2D eigenvalue weighted by Gasteiger charge is -2.15. The largest absolute Gasteiger partial charge is 0.393 e. The molecule has 0 unspecified atom stereocenters. The maximum Gasteiger partial charge on any atom is 0.0821 e. The Labute approximate surface area is 82.0 Å². The van der Waals surface area contributed by atoms with Crippen LogP contribution >= 0.6 is 0 Å². The minimum Gasteiger partial charge on any atom is -0.393 e. The van der Waals surface area contributed by atoms with Gasteiger partial charge in [0.1, 0.15) is 0 Å². The van der Waals surface area contributed by atoms with Gasteiger partial charge >= 0.3 is 0 Å². The highest BCUT2D eigenvalue weighted by molar-refractivity contribution is 4.60. The maximum absolute atomic E-state index is 8.58. The molecule has 1 aliphatic rings. The van der Waals surface area contributed by atoms with Gasteiger partial charge in [0.25, 0.3) is 0 Å². The molecule has 2 N–H and O–H groups in total. The van der Waals surface area contributed by atoms with E-state index in [-0.39, 0.29) is 6.61 Å². The molecule has 1 fully saturated rings. The third kappa shape index (κ3) is 9.84. The zero-order chi connectivity index (χ0) is 10.3. The first-order valence-electron chi connectivity index (χ1n) is 5.29. The molecule has 2 heteroatoms.